The van der Waals surface area contributed by atoms with Gasteiger partial charge in [0, 0.05) is 17.2 Å². The molecule has 1 aliphatic carbocycles. The first-order valence-electron chi connectivity index (χ1n) is 10.1. The standard InChI is InChI=1S/C25H23NO4/c1-2-3-4-7-15-10-12-16(13-11-15)30-20-14-19(27)21-22(23(20)26)25(29)18-9-6-5-8-17(18)24(21)28/h5-6,8-14,27H,2-4,7,26H2,1H3. The van der Waals surface area contributed by atoms with Crippen molar-refractivity contribution in [2.45, 2.75) is 32.6 Å². The van der Waals surface area contributed by atoms with Crippen molar-refractivity contribution in [3.63, 3.8) is 0 Å². The topological polar surface area (TPSA) is 89.6 Å². The van der Waals surface area contributed by atoms with Crippen LogP contribution in [0.1, 0.15) is 63.6 Å². The predicted molar refractivity (Wildman–Crippen MR) is 116 cm³/mol. The van der Waals surface area contributed by atoms with E-state index in [1.807, 2.05) is 24.3 Å². The van der Waals surface area contributed by atoms with E-state index in [2.05, 4.69) is 6.92 Å². The zero-order valence-electron chi connectivity index (χ0n) is 16.8. The van der Waals surface area contributed by atoms with Crippen LogP contribution in [0.15, 0.2) is 54.6 Å². The molecule has 1 aliphatic rings. The molecule has 30 heavy (non-hydrogen) atoms. The summed E-state index contributed by atoms with van der Waals surface area (Å²) in [6.45, 7) is 2.17. The van der Waals surface area contributed by atoms with Crippen LogP contribution in [-0.4, -0.2) is 16.7 Å². The molecule has 5 heteroatoms. The van der Waals surface area contributed by atoms with Crippen molar-refractivity contribution in [3.05, 3.63) is 82.4 Å². The molecule has 0 radical (unpaired) electrons. The minimum atomic E-state index is -0.424. The molecule has 0 aromatic heterocycles. The van der Waals surface area contributed by atoms with E-state index in [4.69, 9.17) is 10.5 Å². The van der Waals surface area contributed by atoms with Gasteiger partial charge in [-0.25, -0.2) is 0 Å². The fourth-order valence-corrected chi connectivity index (χ4v) is 3.79. The third-order valence-corrected chi connectivity index (χ3v) is 5.40. The molecule has 3 aromatic rings. The number of phenols is 1. The summed E-state index contributed by atoms with van der Waals surface area (Å²) in [6.07, 6.45) is 4.51. The van der Waals surface area contributed by atoms with E-state index >= 15 is 0 Å². The zero-order chi connectivity index (χ0) is 21.3. The Hall–Kier alpha value is -3.60. The Kier molecular flexibility index (Phi) is 5.27. The zero-order valence-corrected chi connectivity index (χ0v) is 16.8. The number of benzene rings is 3. The number of carbonyl (C=O) groups excluding carboxylic acids is 2. The van der Waals surface area contributed by atoms with E-state index in [9.17, 15) is 14.7 Å². The Balaban J connectivity index is 1.66. The van der Waals surface area contributed by atoms with Gasteiger partial charge in [-0.3, -0.25) is 9.59 Å². The Morgan fingerprint density at radius 1 is 0.900 bits per heavy atom. The predicted octanol–water partition coefficient (Wildman–Crippen LogP) is 5.27. The number of aryl methyl sites for hydroxylation is 1. The molecular weight excluding hydrogens is 378 g/mol. The van der Waals surface area contributed by atoms with Crippen LogP contribution in [0.25, 0.3) is 0 Å². The Labute approximate surface area is 175 Å². The monoisotopic (exact) mass is 401 g/mol. The van der Waals surface area contributed by atoms with Crippen molar-refractivity contribution in [1.82, 2.24) is 0 Å². The van der Waals surface area contributed by atoms with Crippen molar-refractivity contribution in [2.24, 2.45) is 0 Å². The number of ether oxygens (including phenoxy) is 1. The van der Waals surface area contributed by atoms with Crippen molar-refractivity contribution < 1.29 is 19.4 Å². The lowest BCUT2D eigenvalue weighted by Gasteiger charge is -2.21. The molecule has 0 saturated heterocycles. The second-order valence-corrected chi connectivity index (χ2v) is 7.46. The minimum absolute atomic E-state index is 0.00937. The SMILES string of the molecule is CCCCCc1ccc(Oc2cc(O)c3c(c2N)C(=O)c2ccccc2C3=O)cc1. The van der Waals surface area contributed by atoms with Gasteiger partial charge in [0.15, 0.2) is 17.3 Å². The van der Waals surface area contributed by atoms with Crippen molar-refractivity contribution in [1.29, 1.82) is 0 Å². The number of fused-ring (bicyclic) bond motifs is 2. The quantitative estimate of drug-likeness (QED) is 0.261. The highest BCUT2D eigenvalue weighted by Crippen LogP contribution is 2.42. The molecule has 0 fully saturated rings. The molecule has 0 spiro atoms. The van der Waals surface area contributed by atoms with Gasteiger partial charge >= 0.3 is 0 Å². The lowest BCUT2D eigenvalue weighted by molar-refractivity contribution is 0.0977. The van der Waals surface area contributed by atoms with Crippen molar-refractivity contribution in [3.8, 4) is 17.2 Å². The molecule has 0 aliphatic heterocycles. The molecule has 5 nitrogen and oxygen atoms in total. The average molecular weight is 401 g/mol. The summed E-state index contributed by atoms with van der Waals surface area (Å²) in [5.41, 5.74) is 7.94. The fraction of sp³-hybridized carbons (Fsp3) is 0.200. The number of anilines is 1. The number of aromatic hydroxyl groups is 1. The second-order valence-electron chi connectivity index (χ2n) is 7.46. The maximum atomic E-state index is 13.0. The number of rotatable bonds is 6. The summed E-state index contributed by atoms with van der Waals surface area (Å²) in [5.74, 6) is -0.462. The van der Waals surface area contributed by atoms with E-state index in [0.29, 0.717) is 5.75 Å². The third-order valence-electron chi connectivity index (χ3n) is 5.40. The minimum Gasteiger partial charge on any atom is -0.507 e. The lowest BCUT2D eigenvalue weighted by Crippen LogP contribution is -2.22. The highest BCUT2D eigenvalue weighted by Gasteiger charge is 2.35. The summed E-state index contributed by atoms with van der Waals surface area (Å²) in [5, 5.41) is 10.5. The smallest absolute Gasteiger partial charge is 0.198 e. The highest BCUT2D eigenvalue weighted by molar-refractivity contribution is 6.31. The molecule has 0 unspecified atom stereocenters. The van der Waals surface area contributed by atoms with Crippen LogP contribution < -0.4 is 10.5 Å². The van der Waals surface area contributed by atoms with Gasteiger partial charge in [0.25, 0.3) is 0 Å². The molecule has 0 atom stereocenters. The summed E-state index contributed by atoms with van der Waals surface area (Å²) < 4.78 is 5.86. The second kappa shape index (κ2) is 8.03. The maximum Gasteiger partial charge on any atom is 0.198 e. The largest absolute Gasteiger partial charge is 0.507 e. The first-order valence-corrected chi connectivity index (χ1v) is 10.1. The Bertz CT molecular complexity index is 1130. The van der Waals surface area contributed by atoms with Crippen LogP contribution in [0.5, 0.6) is 17.2 Å². The molecule has 0 saturated carbocycles. The van der Waals surface area contributed by atoms with Crippen LogP contribution in [0.4, 0.5) is 5.69 Å². The molecular formula is C25H23NO4. The van der Waals surface area contributed by atoms with Crippen LogP contribution in [0, 0.1) is 0 Å². The van der Waals surface area contributed by atoms with Gasteiger partial charge in [-0.2, -0.15) is 0 Å². The van der Waals surface area contributed by atoms with E-state index < -0.39 is 11.6 Å². The van der Waals surface area contributed by atoms with Crippen molar-refractivity contribution >= 4 is 17.3 Å². The van der Waals surface area contributed by atoms with Crippen LogP contribution in [0.2, 0.25) is 0 Å². The van der Waals surface area contributed by atoms with E-state index in [0.717, 1.165) is 12.8 Å². The number of nitrogen functional groups attached to an aromatic ring is 1. The molecule has 152 valence electrons. The number of nitrogens with two attached hydrogens (primary N) is 1. The lowest BCUT2D eigenvalue weighted by atomic mass is 9.82. The number of phenolic OH excluding ortho intramolecular Hbond substituents is 1. The van der Waals surface area contributed by atoms with E-state index in [-0.39, 0.29) is 39.4 Å². The molecule has 3 aromatic carbocycles. The van der Waals surface area contributed by atoms with Crippen LogP contribution in [-0.2, 0) is 6.42 Å². The fourth-order valence-electron chi connectivity index (χ4n) is 3.79. The number of unbranched alkanes of at least 4 members (excludes halogenated alkanes) is 2. The van der Waals surface area contributed by atoms with Gasteiger partial charge in [-0.15, -0.1) is 0 Å². The number of hydrogen-bond donors (Lipinski definition) is 2. The van der Waals surface area contributed by atoms with Crippen molar-refractivity contribution in [2.75, 3.05) is 5.73 Å². The van der Waals surface area contributed by atoms with Crippen LogP contribution in [0.3, 0.4) is 0 Å². The van der Waals surface area contributed by atoms with Gasteiger partial charge in [-0.1, -0.05) is 56.2 Å². The average Bonchev–Trinajstić information content (AvgIpc) is 2.75. The number of ketones is 2. The third kappa shape index (κ3) is 3.43. The Morgan fingerprint density at radius 2 is 1.53 bits per heavy atom. The number of hydrogen-bond acceptors (Lipinski definition) is 5. The molecule has 0 bridgehead atoms. The number of carbonyl (C=O) groups is 2. The summed E-state index contributed by atoms with van der Waals surface area (Å²) in [4.78, 5) is 25.8. The molecule has 4 rings (SSSR count). The summed E-state index contributed by atoms with van der Waals surface area (Å²) in [6, 6.07) is 15.5. The molecule has 3 N–H and O–H groups in total. The molecule has 0 heterocycles. The van der Waals surface area contributed by atoms with E-state index in [1.54, 1.807) is 24.3 Å². The van der Waals surface area contributed by atoms with Gasteiger partial charge in [0.2, 0.25) is 0 Å². The van der Waals surface area contributed by atoms with E-state index in [1.165, 1.54) is 24.5 Å². The van der Waals surface area contributed by atoms with Gasteiger partial charge < -0.3 is 15.6 Å². The normalized spacial score (nSPS) is 12.4. The molecule has 0 amide bonds. The van der Waals surface area contributed by atoms with Crippen LogP contribution >= 0.6 is 0 Å². The first-order chi connectivity index (χ1) is 14.5. The Morgan fingerprint density at radius 3 is 2.17 bits per heavy atom. The highest BCUT2D eigenvalue weighted by atomic mass is 16.5. The maximum absolute atomic E-state index is 13.0. The van der Waals surface area contributed by atoms with Gasteiger partial charge in [-0.05, 0) is 30.5 Å². The summed E-state index contributed by atoms with van der Waals surface area (Å²) in [7, 11) is 0. The first kappa shape index (κ1) is 19.7. The summed E-state index contributed by atoms with van der Waals surface area (Å²) >= 11 is 0. The van der Waals surface area contributed by atoms with Gasteiger partial charge in [0.05, 0.1) is 16.8 Å². The van der Waals surface area contributed by atoms with Gasteiger partial charge in [0.1, 0.15) is 11.5 Å².